The minimum atomic E-state index is -0.851. The number of hydrogen-bond donors (Lipinski definition) is 1. The predicted octanol–water partition coefficient (Wildman–Crippen LogP) is 3.33. The smallest absolute Gasteiger partial charge is 0.165 e. The molecule has 1 saturated heterocycles. The van der Waals surface area contributed by atoms with E-state index in [-0.39, 0.29) is 12.2 Å². The lowest BCUT2D eigenvalue weighted by Crippen LogP contribution is -2.46. The van der Waals surface area contributed by atoms with Crippen LogP contribution in [0.15, 0.2) is 60.7 Å². The number of aliphatic hydroxyl groups is 1. The van der Waals surface area contributed by atoms with Gasteiger partial charge in [0.25, 0.3) is 0 Å². The number of likely N-dealkylation sites (tertiary alicyclic amines) is 1. The molecule has 0 aliphatic carbocycles. The first-order valence-electron chi connectivity index (χ1n) is 8.72. The molecule has 0 aromatic heterocycles. The lowest BCUT2D eigenvalue weighted by Gasteiger charge is -2.38. The van der Waals surface area contributed by atoms with Crippen LogP contribution in [-0.2, 0) is 6.42 Å². The van der Waals surface area contributed by atoms with Gasteiger partial charge in [-0.3, -0.25) is 4.79 Å². The zero-order chi connectivity index (χ0) is 16.8. The summed E-state index contributed by atoms with van der Waals surface area (Å²) < 4.78 is 0. The van der Waals surface area contributed by atoms with E-state index in [9.17, 15) is 9.90 Å². The van der Waals surface area contributed by atoms with Crippen molar-refractivity contribution in [2.75, 3.05) is 19.6 Å². The SMILES string of the molecule is O=C(CC1(O)CCN(CCc2ccccc2)CC1)c1ccccc1. The molecular weight excluding hydrogens is 298 g/mol. The van der Waals surface area contributed by atoms with Gasteiger partial charge in [0.05, 0.1) is 5.60 Å². The Labute approximate surface area is 143 Å². The zero-order valence-corrected chi connectivity index (χ0v) is 14.0. The Kier molecular flexibility index (Phi) is 5.44. The van der Waals surface area contributed by atoms with Gasteiger partial charge in [-0.25, -0.2) is 0 Å². The summed E-state index contributed by atoms with van der Waals surface area (Å²) in [6, 6.07) is 19.7. The van der Waals surface area contributed by atoms with Crippen molar-refractivity contribution >= 4 is 5.78 Å². The number of piperidine rings is 1. The Morgan fingerprint density at radius 3 is 2.17 bits per heavy atom. The summed E-state index contributed by atoms with van der Waals surface area (Å²) in [6.07, 6.45) is 2.59. The van der Waals surface area contributed by atoms with Gasteiger partial charge in [-0.15, -0.1) is 0 Å². The molecule has 2 aromatic rings. The van der Waals surface area contributed by atoms with Crippen LogP contribution in [0.2, 0.25) is 0 Å². The molecule has 1 aliphatic rings. The Bertz CT molecular complexity index is 646. The van der Waals surface area contributed by atoms with Crippen molar-refractivity contribution in [1.82, 2.24) is 4.90 Å². The van der Waals surface area contributed by atoms with Gasteiger partial charge in [0.15, 0.2) is 5.78 Å². The topological polar surface area (TPSA) is 40.5 Å². The number of hydrogen-bond acceptors (Lipinski definition) is 3. The monoisotopic (exact) mass is 323 g/mol. The second kappa shape index (κ2) is 7.73. The lowest BCUT2D eigenvalue weighted by atomic mass is 9.85. The summed E-state index contributed by atoms with van der Waals surface area (Å²) in [6.45, 7) is 2.71. The first-order valence-corrected chi connectivity index (χ1v) is 8.72. The van der Waals surface area contributed by atoms with E-state index in [4.69, 9.17) is 0 Å². The summed E-state index contributed by atoms with van der Waals surface area (Å²) in [5, 5.41) is 10.8. The summed E-state index contributed by atoms with van der Waals surface area (Å²) in [4.78, 5) is 14.7. The van der Waals surface area contributed by atoms with E-state index >= 15 is 0 Å². The highest BCUT2D eigenvalue weighted by molar-refractivity contribution is 5.96. The van der Waals surface area contributed by atoms with Crippen LogP contribution in [-0.4, -0.2) is 41.0 Å². The van der Waals surface area contributed by atoms with Crippen molar-refractivity contribution in [3.63, 3.8) is 0 Å². The van der Waals surface area contributed by atoms with Crippen molar-refractivity contribution < 1.29 is 9.90 Å². The molecule has 1 heterocycles. The van der Waals surface area contributed by atoms with Crippen LogP contribution in [0.25, 0.3) is 0 Å². The molecule has 0 atom stereocenters. The number of benzene rings is 2. The number of carbonyl (C=O) groups excluding carboxylic acids is 1. The Morgan fingerprint density at radius 1 is 0.958 bits per heavy atom. The van der Waals surface area contributed by atoms with Gasteiger partial charge < -0.3 is 10.0 Å². The summed E-state index contributed by atoms with van der Waals surface area (Å²) in [5.41, 5.74) is 1.19. The molecule has 1 N–H and O–H groups in total. The quantitative estimate of drug-likeness (QED) is 0.829. The van der Waals surface area contributed by atoms with Crippen LogP contribution in [0.1, 0.15) is 35.2 Å². The average Bonchev–Trinajstić information content (AvgIpc) is 2.63. The lowest BCUT2D eigenvalue weighted by molar-refractivity contribution is -0.0221. The third kappa shape index (κ3) is 4.53. The molecule has 0 bridgehead atoms. The van der Waals surface area contributed by atoms with Gasteiger partial charge in [-0.2, -0.15) is 0 Å². The van der Waals surface area contributed by atoms with Gasteiger partial charge >= 0.3 is 0 Å². The van der Waals surface area contributed by atoms with Crippen LogP contribution in [0.4, 0.5) is 0 Å². The maximum absolute atomic E-state index is 12.3. The fourth-order valence-electron chi connectivity index (χ4n) is 3.33. The molecule has 0 unspecified atom stereocenters. The highest BCUT2D eigenvalue weighted by atomic mass is 16.3. The van der Waals surface area contributed by atoms with Crippen molar-refractivity contribution in [3.05, 3.63) is 71.8 Å². The Morgan fingerprint density at radius 2 is 1.54 bits per heavy atom. The van der Waals surface area contributed by atoms with Crippen LogP contribution in [0, 0.1) is 0 Å². The highest BCUT2D eigenvalue weighted by Crippen LogP contribution is 2.27. The largest absolute Gasteiger partial charge is 0.389 e. The molecule has 126 valence electrons. The maximum atomic E-state index is 12.3. The maximum Gasteiger partial charge on any atom is 0.165 e. The van der Waals surface area contributed by atoms with E-state index in [1.807, 2.05) is 36.4 Å². The molecule has 1 fully saturated rings. The van der Waals surface area contributed by atoms with E-state index in [1.54, 1.807) is 0 Å². The standard InChI is InChI=1S/C21H25NO2/c23-20(19-9-5-2-6-10-19)17-21(24)12-15-22(16-13-21)14-11-18-7-3-1-4-8-18/h1-10,24H,11-17H2. The van der Waals surface area contributed by atoms with Crippen molar-refractivity contribution in [2.24, 2.45) is 0 Å². The third-order valence-electron chi connectivity index (χ3n) is 4.93. The van der Waals surface area contributed by atoms with Gasteiger partial charge in [-0.1, -0.05) is 60.7 Å². The number of nitrogens with zero attached hydrogens (tertiary/aromatic N) is 1. The van der Waals surface area contributed by atoms with E-state index in [2.05, 4.69) is 29.2 Å². The molecule has 24 heavy (non-hydrogen) atoms. The minimum Gasteiger partial charge on any atom is -0.389 e. The Hall–Kier alpha value is -1.97. The summed E-state index contributed by atoms with van der Waals surface area (Å²) in [7, 11) is 0. The van der Waals surface area contributed by atoms with Gasteiger partial charge in [-0.05, 0) is 24.8 Å². The molecule has 1 aliphatic heterocycles. The summed E-state index contributed by atoms with van der Waals surface area (Å²) in [5.74, 6) is 0.0378. The molecule has 0 saturated carbocycles. The minimum absolute atomic E-state index is 0.0378. The number of carbonyl (C=O) groups is 1. The van der Waals surface area contributed by atoms with E-state index < -0.39 is 5.60 Å². The van der Waals surface area contributed by atoms with Gasteiger partial charge in [0, 0.05) is 31.6 Å². The second-order valence-electron chi connectivity index (χ2n) is 6.77. The summed E-state index contributed by atoms with van der Waals surface area (Å²) >= 11 is 0. The molecule has 2 aromatic carbocycles. The van der Waals surface area contributed by atoms with E-state index in [0.717, 1.165) is 26.1 Å². The predicted molar refractivity (Wildman–Crippen MR) is 96.2 cm³/mol. The molecular formula is C21H25NO2. The first-order chi connectivity index (χ1) is 11.6. The van der Waals surface area contributed by atoms with Crippen LogP contribution >= 0.6 is 0 Å². The first kappa shape index (κ1) is 16.9. The third-order valence-corrected chi connectivity index (χ3v) is 4.93. The van der Waals surface area contributed by atoms with Crippen LogP contribution < -0.4 is 0 Å². The Balaban J connectivity index is 1.48. The van der Waals surface area contributed by atoms with Crippen molar-refractivity contribution in [3.8, 4) is 0 Å². The normalized spacial score (nSPS) is 17.5. The fraction of sp³-hybridized carbons (Fsp3) is 0.381. The van der Waals surface area contributed by atoms with Crippen molar-refractivity contribution in [2.45, 2.75) is 31.3 Å². The molecule has 3 heteroatoms. The number of rotatable bonds is 6. The average molecular weight is 323 g/mol. The molecule has 0 amide bonds. The van der Waals surface area contributed by atoms with Crippen LogP contribution in [0.3, 0.4) is 0 Å². The fourth-order valence-corrected chi connectivity index (χ4v) is 3.33. The van der Waals surface area contributed by atoms with Crippen molar-refractivity contribution in [1.29, 1.82) is 0 Å². The van der Waals surface area contributed by atoms with Gasteiger partial charge in [0.1, 0.15) is 0 Å². The van der Waals surface area contributed by atoms with E-state index in [1.165, 1.54) is 5.56 Å². The zero-order valence-electron chi connectivity index (χ0n) is 14.0. The molecule has 3 nitrogen and oxygen atoms in total. The number of Topliss-reactive ketones (excluding diaryl/α,β-unsaturated/α-hetero) is 1. The number of ketones is 1. The second-order valence-corrected chi connectivity index (χ2v) is 6.77. The van der Waals surface area contributed by atoms with E-state index in [0.29, 0.717) is 18.4 Å². The highest BCUT2D eigenvalue weighted by Gasteiger charge is 2.34. The van der Waals surface area contributed by atoms with Gasteiger partial charge in [0.2, 0.25) is 0 Å². The molecule has 0 radical (unpaired) electrons. The van der Waals surface area contributed by atoms with Crippen LogP contribution in [0.5, 0.6) is 0 Å². The molecule has 3 rings (SSSR count). The molecule has 0 spiro atoms.